The molecule has 1 aromatic carbocycles. The van der Waals surface area contributed by atoms with Crippen molar-refractivity contribution in [2.45, 2.75) is 38.0 Å². The number of hydrogen-bond donors (Lipinski definition) is 1. The van der Waals surface area contributed by atoms with Crippen LogP contribution in [0.15, 0.2) is 24.3 Å². The van der Waals surface area contributed by atoms with Crippen molar-refractivity contribution in [2.75, 3.05) is 32.7 Å². The SMILES string of the molecule is C[C@@](C#N)(NC(=O)CN1CCN(Cc2cccc(C(F)(F)F)c2)CC1)C1CC1. The zero-order valence-corrected chi connectivity index (χ0v) is 15.9. The van der Waals surface area contributed by atoms with E-state index in [-0.39, 0.29) is 18.4 Å². The molecule has 1 atom stereocenters. The minimum atomic E-state index is -4.33. The van der Waals surface area contributed by atoms with Crippen LogP contribution in [0.5, 0.6) is 0 Å². The fourth-order valence-electron chi connectivity index (χ4n) is 3.62. The van der Waals surface area contributed by atoms with E-state index in [4.69, 9.17) is 0 Å². The lowest BCUT2D eigenvalue weighted by Gasteiger charge is -2.35. The monoisotopic (exact) mass is 394 g/mol. The summed E-state index contributed by atoms with van der Waals surface area (Å²) in [6, 6.07) is 7.63. The molecule has 1 heterocycles. The van der Waals surface area contributed by atoms with Gasteiger partial charge in [0.1, 0.15) is 5.54 Å². The number of alkyl halides is 3. The standard InChI is InChI=1S/C20H25F3N4O/c1-19(14-24,16-5-6-16)25-18(28)13-27-9-7-26(8-10-27)12-15-3-2-4-17(11-15)20(21,22)23/h2-4,11,16H,5-10,12-13H2,1H3,(H,25,28)/t19-/m0/s1. The number of rotatable bonds is 6. The van der Waals surface area contributed by atoms with Gasteiger partial charge >= 0.3 is 6.18 Å². The van der Waals surface area contributed by atoms with Gasteiger partial charge in [-0.2, -0.15) is 18.4 Å². The Balaban J connectivity index is 1.46. The third-order valence-corrected chi connectivity index (χ3v) is 5.52. The molecule has 1 aliphatic heterocycles. The second-order valence-corrected chi connectivity index (χ2v) is 7.89. The molecule has 1 saturated heterocycles. The van der Waals surface area contributed by atoms with Gasteiger partial charge in [-0.15, -0.1) is 0 Å². The summed E-state index contributed by atoms with van der Waals surface area (Å²) >= 11 is 0. The van der Waals surface area contributed by atoms with Gasteiger partial charge in [-0.1, -0.05) is 18.2 Å². The Morgan fingerprint density at radius 1 is 1.21 bits per heavy atom. The zero-order chi connectivity index (χ0) is 20.4. The van der Waals surface area contributed by atoms with Crippen molar-refractivity contribution in [3.63, 3.8) is 0 Å². The van der Waals surface area contributed by atoms with E-state index in [1.807, 2.05) is 4.90 Å². The first-order valence-corrected chi connectivity index (χ1v) is 9.53. The van der Waals surface area contributed by atoms with Crippen LogP contribution >= 0.6 is 0 Å². The first kappa shape index (κ1) is 20.6. The first-order valence-electron chi connectivity index (χ1n) is 9.53. The van der Waals surface area contributed by atoms with Gasteiger partial charge < -0.3 is 5.32 Å². The fourth-order valence-corrected chi connectivity index (χ4v) is 3.62. The average Bonchev–Trinajstić information content (AvgIpc) is 3.48. The van der Waals surface area contributed by atoms with Gasteiger partial charge in [-0.05, 0) is 37.3 Å². The van der Waals surface area contributed by atoms with Crippen LogP contribution in [0.25, 0.3) is 0 Å². The Kier molecular flexibility index (Phi) is 5.96. The van der Waals surface area contributed by atoms with Gasteiger partial charge in [0.2, 0.25) is 5.91 Å². The number of amides is 1. The molecular formula is C20H25F3N4O. The number of benzene rings is 1. The molecule has 1 aliphatic carbocycles. The molecule has 3 rings (SSSR count). The molecule has 0 radical (unpaired) electrons. The predicted octanol–water partition coefficient (Wildman–Crippen LogP) is 2.63. The number of carbonyl (C=O) groups is 1. The number of nitrogens with zero attached hydrogens (tertiary/aromatic N) is 3. The molecular weight excluding hydrogens is 369 g/mol. The van der Waals surface area contributed by atoms with E-state index in [2.05, 4.69) is 16.3 Å². The van der Waals surface area contributed by atoms with E-state index < -0.39 is 17.3 Å². The number of nitriles is 1. The topological polar surface area (TPSA) is 59.4 Å². The fraction of sp³-hybridized carbons (Fsp3) is 0.600. The Bertz CT molecular complexity index is 749. The van der Waals surface area contributed by atoms with Crippen molar-refractivity contribution in [3.05, 3.63) is 35.4 Å². The summed E-state index contributed by atoms with van der Waals surface area (Å²) in [5.74, 6) is 0.0908. The zero-order valence-electron chi connectivity index (χ0n) is 15.9. The van der Waals surface area contributed by atoms with Crippen LogP contribution in [0.3, 0.4) is 0 Å². The minimum Gasteiger partial charge on any atom is -0.337 e. The summed E-state index contributed by atoms with van der Waals surface area (Å²) in [5.41, 5.74) is -0.783. The van der Waals surface area contributed by atoms with Crippen molar-refractivity contribution in [2.24, 2.45) is 5.92 Å². The van der Waals surface area contributed by atoms with Crippen molar-refractivity contribution in [1.82, 2.24) is 15.1 Å². The number of hydrogen-bond acceptors (Lipinski definition) is 4. The molecule has 1 saturated carbocycles. The second kappa shape index (κ2) is 8.10. The van der Waals surface area contributed by atoms with E-state index >= 15 is 0 Å². The van der Waals surface area contributed by atoms with Gasteiger partial charge in [0.05, 0.1) is 18.2 Å². The molecule has 1 amide bonds. The summed E-state index contributed by atoms with van der Waals surface area (Å²) in [6.45, 7) is 5.16. The van der Waals surface area contributed by atoms with Crippen molar-refractivity contribution < 1.29 is 18.0 Å². The lowest BCUT2D eigenvalue weighted by atomic mass is 9.98. The van der Waals surface area contributed by atoms with Crippen LogP contribution in [0.4, 0.5) is 13.2 Å². The third-order valence-electron chi connectivity index (χ3n) is 5.52. The lowest BCUT2D eigenvalue weighted by Crippen LogP contribution is -2.53. The highest BCUT2D eigenvalue weighted by Crippen LogP contribution is 2.39. The summed E-state index contributed by atoms with van der Waals surface area (Å²) in [5, 5.41) is 12.2. The molecule has 0 bridgehead atoms. The largest absolute Gasteiger partial charge is 0.416 e. The van der Waals surface area contributed by atoms with E-state index in [0.29, 0.717) is 38.3 Å². The van der Waals surface area contributed by atoms with E-state index in [0.717, 1.165) is 18.9 Å². The van der Waals surface area contributed by atoms with Gasteiger partial charge in [0.15, 0.2) is 0 Å². The Labute approximate surface area is 163 Å². The predicted molar refractivity (Wildman–Crippen MR) is 98.0 cm³/mol. The van der Waals surface area contributed by atoms with Crippen LogP contribution < -0.4 is 5.32 Å². The van der Waals surface area contributed by atoms with Gasteiger partial charge in [-0.3, -0.25) is 14.6 Å². The normalized spacial score (nSPS) is 21.0. The van der Waals surface area contributed by atoms with Gasteiger partial charge in [0, 0.05) is 32.7 Å². The maximum Gasteiger partial charge on any atom is 0.416 e. The maximum atomic E-state index is 12.8. The molecule has 0 aromatic heterocycles. The van der Waals surface area contributed by atoms with Gasteiger partial charge in [-0.25, -0.2) is 0 Å². The number of nitrogens with one attached hydrogen (secondary N) is 1. The molecule has 1 N–H and O–H groups in total. The van der Waals surface area contributed by atoms with Crippen molar-refractivity contribution in [1.29, 1.82) is 5.26 Å². The minimum absolute atomic E-state index is 0.151. The highest BCUT2D eigenvalue weighted by Gasteiger charge is 2.43. The van der Waals surface area contributed by atoms with Crippen LogP contribution in [-0.2, 0) is 17.5 Å². The first-order chi connectivity index (χ1) is 13.2. The quantitative estimate of drug-likeness (QED) is 0.806. The maximum absolute atomic E-state index is 12.8. The molecule has 0 unspecified atom stereocenters. The molecule has 8 heteroatoms. The summed E-state index contributed by atoms with van der Waals surface area (Å²) in [7, 11) is 0. The third kappa shape index (κ3) is 5.24. The van der Waals surface area contributed by atoms with E-state index in [9.17, 15) is 23.2 Å². The van der Waals surface area contributed by atoms with E-state index in [1.54, 1.807) is 13.0 Å². The highest BCUT2D eigenvalue weighted by atomic mass is 19.4. The molecule has 0 spiro atoms. The molecule has 152 valence electrons. The number of halogens is 3. The van der Waals surface area contributed by atoms with Crippen LogP contribution in [0, 0.1) is 17.2 Å². The lowest BCUT2D eigenvalue weighted by molar-refractivity contribution is -0.137. The van der Waals surface area contributed by atoms with E-state index in [1.165, 1.54) is 12.1 Å². The smallest absolute Gasteiger partial charge is 0.337 e. The van der Waals surface area contributed by atoms with Crippen molar-refractivity contribution in [3.8, 4) is 6.07 Å². The number of piperazine rings is 1. The van der Waals surface area contributed by atoms with Crippen molar-refractivity contribution >= 4 is 5.91 Å². The van der Waals surface area contributed by atoms with Gasteiger partial charge in [0.25, 0.3) is 0 Å². The molecule has 5 nitrogen and oxygen atoms in total. The summed E-state index contributed by atoms with van der Waals surface area (Å²) in [4.78, 5) is 16.4. The molecule has 1 aromatic rings. The Hall–Kier alpha value is -2.11. The molecule has 2 fully saturated rings. The average molecular weight is 394 g/mol. The number of carbonyl (C=O) groups excluding carboxylic acids is 1. The van der Waals surface area contributed by atoms with Crippen LogP contribution in [-0.4, -0.2) is 54.0 Å². The molecule has 28 heavy (non-hydrogen) atoms. The Morgan fingerprint density at radius 3 is 2.43 bits per heavy atom. The summed E-state index contributed by atoms with van der Waals surface area (Å²) < 4.78 is 38.5. The van der Waals surface area contributed by atoms with Crippen LogP contribution in [0.1, 0.15) is 30.9 Å². The van der Waals surface area contributed by atoms with Crippen LogP contribution in [0.2, 0.25) is 0 Å². The molecule has 2 aliphatic rings. The highest BCUT2D eigenvalue weighted by molar-refractivity contribution is 5.79. The second-order valence-electron chi connectivity index (χ2n) is 7.89. The summed E-state index contributed by atoms with van der Waals surface area (Å²) in [6.07, 6.45) is -2.39. The Morgan fingerprint density at radius 2 is 1.86 bits per heavy atom.